The van der Waals surface area contributed by atoms with Crippen molar-refractivity contribution in [2.45, 2.75) is 26.2 Å². The van der Waals surface area contributed by atoms with Gasteiger partial charge in [0.05, 0.1) is 21.0 Å². The molecular formula is C7H15Na2O5P. The molecule has 0 bridgehead atoms. The van der Waals surface area contributed by atoms with E-state index in [0.717, 1.165) is 19.3 Å². The van der Waals surface area contributed by atoms with Crippen molar-refractivity contribution in [2.24, 2.45) is 0 Å². The summed E-state index contributed by atoms with van der Waals surface area (Å²) in [4.78, 5) is 19.9. The molecular weight excluding hydrogens is 241 g/mol. The maximum absolute atomic E-state index is 9.96. The van der Waals surface area contributed by atoms with E-state index in [4.69, 9.17) is 4.74 Å². The van der Waals surface area contributed by atoms with Gasteiger partial charge in [0.1, 0.15) is 0 Å². The molecule has 0 unspecified atom stereocenters. The second-order valence-corrected chi connectivity index (χ2v) is 3.75. The van der Waals surface area contributed by atoms with Crippen LogP contribution < -0.4 is 68.9 Å². The van der Waals surface area contributed by atoms with Gasteiger partial charge < -0.3 is 23.6 Å². The van der Waals surface area contributed by atoms with Crippen LogP contribution in [0.4, 0.5) is 0 Å². The van der Waals surface area contributed by atoms with Crippen molar-refractivity contribution < 1.29 is 82.7 Å². The Bertz CT molecular complexity index is 163. The van der Waals surface area contributed by atoms with E-state index in [-0.39, 0.29) is 72.3 Å². The molecule has 0 aromatic carbocycles. The molecule has 0 aliphatic carbocycles. The maximum atomic E-state index is 9.96. The molecule has 0 saturated heterocycles. The zero-order chi connectivity index (χ0) is 10.2. The van der Waals surface area contributed by atoms with E-state index in [9.17, 15) is 14.4 Å². The minimum atomic E-state index is -4.81. The molecule has 0 atom stereocenters. The van der Waals surface area contributed by atoms with Crippen LogP contribution in [-0.2, 0) is 13.8 Å². The summed E-state index contributed by atoms with van der Waals surface area (Å²) in [7, 11) is -4.81. The minimum Gasteiger partial charge on any atom is -0.790 e. The third-order valence-corrected chi connectivity index (χ3v) is 1.87. The average molecular weight is 256 g/mol. The van der Waals surface area contributed by atoms with Gasteiger partial charge in [-0.15, -0.1) is 0 Å². The molecule has 5 nitrogen and oxygen atoms in total. The van der Waals surface area contributed by atoms with Crippen LogP contribution in [-0.4, -0.2) is 19.8 Å². The molecule has 0 spiro atoms. The molecule has 0 heterocycles. The molecule has 0 radical (unpaired) electrons. The van der Waals surface area contributed by atoms with E-state index in [0.29, 0.717) is 6.61 Å². The Morgan fingerprint density at radius 2 is 1.67 bits per heavy atom. The predicted molar refractivity (Wildman–Crippen MR) is 43.9 cm³/mol. The van der Waals surface area contributed by atoms with Crippen molar-refractivity contribution in [1.82, 2.24) is 0 Å². The van der Waals surface area contributed by atoms with E-state index < -0.39 is 7.82 Å². The summed E-state index contributed by atoms with van der Waals surface area (Å²) >= 11 is 0. The molecule has 0 aliphatic rings. The van der Waals surface area contributed by atoms with Crippen LogP contribution in [0.2, 0.25) is 0 Å². The summed E-state index contributed by atoms with van der Waals surface area (Å²) in [6, 6.07) is 0. The quantitative estimate of drug-likeness (QED) is 0.245. The van der Waals surface area contributed by atoms with Gasteiger partial charge in [0, 0.05) is 6.61 Å². The van der Waals surface area contributed by atoms with Crippen molar-refractivity contribution in [3.63, 3.8) is 0 Å². The minimum absolute atomic E-state index is 0. The SMILES string of the molecule is CCCCCOCCOP(=O)([O-])[O-].[Na+].[Na+]. The second kappa shape index (κ2) is 14.1. The first kappa shape index (κ1) is 22.3. The smallest absolute Gasteiger partial charge is 0.790 e. The largest absolute Gasteiger partial charge is 1.00 e. The van der Waals surface area contributed by atoms with Gasteiger partial charge in [-0.3, -0.25) is 0 Å². The van der Waals surface area contributed by atoms with Gasteiger partial charge in [0.25, 0.3) is 0 Å². The Hall–Kier alpha value is 2.07. The van der Waals surface area contributed by atoms with Gasteiger partial charge in [-0.25, -0.2) is 0 Å². The molecule has 0 amide bonds. The number of hydrogen-bond donors (Lipinski definition) is 0. The third-order valence-electron chi connectivity index (χ3n) is 1.37. The standard InChI is InChI=1S/C7H17O5P.2Na/c1-2-3-4-5-11-6-7-12-13(8,9)10;;/h2-7H2,1H3,(H2,8,9,10);;/q;2*+1/p-2. The molecule has 0 aromatic heterocycles. The van der Waals surface area contributed by atoms with Gasteiger partial charge in [-0.2, -0.15) is 0 Å². The van der Waals surface area contributed by atoms with E-state index in [2.05, 4.69) is 11.4 Å². The molecule has 0 fully saturated rings. The van der Waals surface area contributed by atoms with Crippen molar-refractivity contribution in [1.29, 1.82) is 0 Å². The molecule has 0 aliphatic heterocycles. The predicted octanol–water partition coefficient (Wildman–Crippen LogP) is -5.95. The van der Waals surface area contributed by atoms with Crippen molar-refractivity contribution >= 4 is 7.82 Å². The first-order chi connectivity index (χ1) is 6.06. The molecule has 80 valence electrons. The zero-order valence-electron chi connectivity index (χ0n) is 9.73. The summed E-state index contributed by atoms with van der Waals surface area (Å²) in [5.41, 5.74) is 0. The Labute approximate surface area is 135 Å². The van der Waals surface area contributed by atoms with Crippen molar-refractivity contribution in [3.8, 4) is 0 Å². The van der Waals surface area contributed by atoms with Crippen LogP contribution in [0.3, 0.4) is 0 Å². The first-order valence-corrected chi connectivity index (χ1v) is 5.76. The summed E-state index contributed by atoms with van der Waals surface area (Å²) in [5, 5.41) is 0. The van der Waals surface area contributed by atoms with Crippen LogP contribution in [0, 0.1) is 0 Å². The van der Waals surface area contributed by atoms with E-state index in [1.165, 1.54) is 0 Å². The topological polar surface area (TPSA) is 81.7 Å². The van der Waals surface area contributed by atoms with E-state index in [1.807, 2.05) is 0 Å². The summed E-state index contributed by atoms with van der Waals surface area (Å²) < 4.78 is 18.9. The molecule has 0 rings (SSSR count). The maximum Gasteiger partial charge on any atom is 1.00 e. The fourth-order valence-electron chi connectivity index (χ4n) is 0.764. The Morgan fingerprint density at radius 1 is 1.07 bits per heavy atom. The van der Waals surface area contributed by atoms with E-state index >= 15 is 0 Å². The van der Waals surface area contributed by atoms with Crippen LogP contribution in [0.1, 0.15) is 26.2 Å². The number of phosphoric acid groups is 1. The summed E-state index contributed by atoms with van der Waals surface area (Å²) in [6.07, 6.45) is 3.14. The Kier molecular flexibility index (Phi) is 21.0. The summed E-state index contributed by atoms with van der Waals surface area (Å²) in [6.45, 7) is 2.63. The van der Waals surface area contributed by atoms with Crippen LogP contribution in [0.5, 0.6) is 0 Å². The van der Waals surface area contributed by atoms with Gasteiger partial charge >= 0.3 is 59.1 Å². The number of ether oxygens (including phenoxy) is 1. The fourth-order valence-corrected chi connectivity index (χ4v) is 1.06. The number of hydrogen-bond acceptors (Lipinski definition) is 5. The number of rotatable bonds is 8. The molecule has 15 heavy (non-hydrogen) atoms. The van der Waals surface area contributed by atoms with Gasteiger partial charge in [0.15, 0.2) is 0 Å². The summed E-state index contributed by atoms with van der Waals surface area (Å²) in [5.74, 6) is 0. The molecule has 0 aromatic rings. The average Bonchev–Trinajstić information content (AvgIpc) is 2.01. The number of phosphoric ester groups is 1. The third kappa shape index (κ3) is 21.8. The van der Waals surface area contributed by atoms with Crippen molar-refractivity contribution in [2.75, 3.05) is 19.8 Å². The fraction of sp³-hybridized carbons (Fsp3) is 1.00. The molecule has 0 N–H and O–H groups in total. The van der Waals surface area contributed by atoms with Crippen LogP contribution in [0.25, 0.3) is 0 Å². The first-order valence-electron chi connectivity index (χ1n) is 4.30. The van der Waals surface area contributed by atoms with Gasteiger partial charge in [-0.1, -0.05) is 19.8 Å². The van der Waals surface area contributed by atoms with Gasteiger partial charge in [0.2, 0.25) is 0 Å². The number of unbranched alkanes of at least 4 members (excludes halogenated alkanes) is 2. The zero-order valence-corrected chi connectivity index (χ0v) is 14.6. The van der Waals surface area contributed by atoms with Gasteiger partial charge in [-0.05, 0) is 6.42 Å². The molecule has 0 saturated carbocycles. The van der Waals surface area contributed by atoms with E-state index in [1.54, 1.807) is 0 Å². The van der Waals surface area contributed by atoms with Crippen LogP contribution >= 0.6 is 7.82 Å². The van der Waals surface area contributed by atoms with Crippen molar-refractivity contribution in [3.05, 3.63) is 0 Å². The second-order valence-electron chi connectivity index (χ2n) is 2.60. The Morgan fingerprint density at radius 3 is 2.13 bits per heavy atom. The monoisotopic (exact) mass is 256 g/mol. The van der Waals surface area contributed by atoms with Crippen LogP contribution in [0.15, 0.2) is 0 Å². The molecule has 8 heteroatoms. The Balaban J connectivity index is -0.000000720. The normalized spacial score (nSPS) is 10.3.